The number of carbonyl (C=O) groups is 1. The third-order valence-electron chi connectivity index (χ3n) is 3.68. The Hall–Kier alpha value is -2.59. The van der Waals surface area contributed by atoms with Crippen LogP contribution in [0, 0.1) is 0 Å². The number of nitrogens with zero attached hydrogens (tertiary/aromatic N) is 4. The molecule has 0 saturated heterocycles. The van der Waals surface area contributed by atoms with Crippen LogP contribution < -0.4 is 14.8 Å². The molecule has 0 spiro atoms. The van der Waals surface area contributed by atoms with Gasteiger partial charge in [-0.25, -0.2) is 4.68 Å². The molecule has 1 aromatic carbocycles. The number of amides is 1. The zero-order chi connectivity index (χ0) is 17.9. The van der Waals surface area contributed by atoms with Crippen molar-refractivity contribution in [3.63, 3.8) is 0 Å². The van der Waals surface area contributed by atoms with Crippen LogP contribution in [0.15, 0.2) is 40.9 Å². The van der Waals surface area contributed by atoms with Crippen LogP contribution >= 0.6 is 23.1 Å². The van der Waals surface area contributed by atoms with Gasteiger partial charge in [-0.05, 0) is 40.9 Å². The Labute approximate surface area is 157 Å². The van der Waals surface area contributed by atoms with Crippen LogP contribution in [-0.2, 0) is 11.3 Å². The van der Waals surface area contributed by atoms with Crippen molar-refractivity contribution in [1.29, 1.82) is 0 Å². The number of thiophene rings is 1. The Balaban J connectivity index is 1.39. The van der Waals surface area contributed by atoms with Gasteiger partial charge < -0.3 is 14.8 Å². The second kappa shape index (κ2) is 7.34. The molecule has 0 aliphatic carbocycles. The van der Waals surface area contributed by atoms with Gasteiger partial charge in [0.1, 0.15) is 0 Å². The van der Waals surface area contributed by atoms with Crippen molar-refractivity contribution >= 4 is 34.7 Å². The minimum atomic E-state index is -0.367. The molecule has 1 amide bonds. The van der Waals surface area contributed by atoms with Crippen LogP contribution in [0.3, 0.4) is 0 Å². The molecule has 3 aromatic rings. The van der Waals surface area contributed by atoms with Gasteiger partial charge >= 0.3 is 0 Å². The maximum atomic E-state index is 12.5. The molecule has 3 heterocycles. The molecule has 8 nitrogen and oxygen atoms in total. The van der Waals surface area contributed by atoms with E-state index in [9.17, 15) is 4.79 Å². The molecule has 1 aliphatic rings. The maximum Gasteiger partial charge on any atom is 0.237 e. The molecule has 1 aliphatic heterocycles. The van der Waals surface area contributed by atoms with Crippen LogP contribution in [0.25, 0.3) is 0 Å². The Morgan fingerprint density at radius 1 is 1.38 bits per heavy atom. The summed E-state index contributed by atoms with van der Waals surface area (Å²) in [5.74, 6) is 1.17. The lowest BCUT2D eigenvalue weighted by Gasteiger charge is -2.12. The highest BCUT2D eigenvalue weighted by atomic mass is 32.2. The topological polar surface area (TPSA) is 91.2 Å². The number of carbonyl (C=O) groups excluding carboxylic acids is 1. The number of rotatable bonds is 6. The maximum absolute atomic E-state index is 12.5. The number of tetrazole rings is 1. The predicted octanol–water partition coefficient (Wildman–Crippen LogP) is 2.63. The summed E-state index contributed by atoms with van der Waals surface area (Å²) in [6.07, 6.45) is 0. The van der Waals surface area contributed by atoms with Gasteiger partial charge in [-0.1, -0.05) is 17.8 Å². The number of thioether (sulfide) groups is 1. The highest BCUT2D eigenvalue weighted by Crippen LogP contribution is 2.34. The average Bonchev–Trinajstić information content (AvgIpc) is 3.37. The van der Waals surface area contributed by atoms with E-state index in [1.807, 2.05) is 24.4 Å². The van der Waals surface area contributed by atoms with Crippen LogP contribution in [-0.4, -0.2) is 38.2 Å². The molecular formula is C16H15N5O3S2. The highest BCUT2D eigenvalue weighted by Gasteiger charge is 2.20. The molecule has 0 saturated carbocycles. The van der Waals surface area contributed by atoms with E-state index in [0.29, 0.717) is 28.9 Å². The van der Waals surface area contributed by atoms with Crippen molar-refractivity contribution in [3.8, 4) is 11.5 Å². The van der Waals surface area contributed by atoms with Crippen molar-refractivity contribution in [2.24, 2.45) is 0 Å². The fourth-order valence-electron chi connectivity index (χ4n) is 2.36. The number of aromatic nitrogens is 4. The molecule has 10 heteroatoms. The van der Waals surface area contributed by atoms with E-state index in [1.165, 1.54) is 11.8 Å². The van der Waals surface area contributed by atoms with Crippen LogP contribution in [0.5, 0.6) is 11.5 Å². The van der Waals surface area contributed by atoms with Crippen molar-refractivity contribution in [2.45, 2.75) is 23.9 Å². The fourth-order valence-corrected chi connectivity index (χ4v) is 3.83. The summed E-state index contributed by atoms with van der Waals surface area (Å²) in [6, 6.07) is 9.31. The Morgan fingerprint density at radius 2 is 2.27 bits per heavy atom. The van der Waals surface area contributed by atoms with Crippen molar-refractivity contribution in [2.75, 3.05) is 12.1 Å². The second-order valence-electron chi connectivity index (χ2n) is 5.52. The molecule has 0 fully saturated rings. The second-order valence-corrected chi connectivity index (χ2v) is 7.86. The summed E-state index contributed by atoms with van der Waals surface area (Å²) >= 11 is 2.95. The van der Waals surface area contributed by atoms with E-state index in [0.717, 1.165) is 4.88 Å². The SMILES string of the molecule is CC(Sc1nnnn1Cc1cccs1)C(=O)Nc1ccc2c(c1)OCO2. The first-order chi connectivity index (χ1) is 12.7. The Bertz CT molecular complexity index is 913. The van der Waals surface area contributed by atoms with Crippen molar-refractivity contribution in [3.05, 3.63) is 40.6 Å². The van der Waals surface area contributed by atoms with Gasteiger partial charge in [0.05, 0.1) is 11.8 Å². The van der Waals surface area contributed by atoms with Gasteiger partial charge in [-0.3, -0.25) is 4.79 Å². The molecule has 4 rings (SSSR count). The number of nitrogens with one attached hydrogen (secondary N) is 1. The van der Waals surface area contributed by atoms with E-state index in [4.69, 9.17) is 9.47 Å². The highest BCUT2D eigenvalue weighted by molar-refractivity contribution is 8.00. The molecule has 0 bridgehead atoms. The van der Waals surface area contributed by atoms with Crippen LogP contribution in [0.4, 0.5) is 5.69 Å². The number of anilines is 1. The molecule has 1 unspecified atom stereocenters. The van der Waals surface area contributed by atoms with Gasteiger partial charge in [0, 0.05) is 16.6 Å². The minimum absolute atomic E-state index is 0.139. The summed E-state index contributed by atoms with van der Waals surface area (Å²) in [5.41, 5.74) is 0.657. The van der Waals surface area contributed by atoms with E-state index in [2.05, 4.69) is 20.8 Å². The summed E-state index contributed by atoms with van der Waals surface area (Å²) in [5, 5.41) is 16.9. The monoisotopic (exact) mass is 389 g/mol. The van der Waals surface area contributed by atoms with Gasteiger partial charge in [-0.15, -0.1) is 16.4 Å². The Kier molecular flexibility index (Phi) is 4.76. The zero-order valence-corrected chi connectivity index (χ0v) is 15.4. The molecular weight excluding hydrogens is 374 g/mol. The number of benzene rings is 1. The average molecular weight is 389 g/mol. The lowest BCUT2D eigenvalue weighted by molar-refractivity contribution is -0.115. The van der Waals surface area contributed by atoms with Gasteiger partial charge in [0.2, 0.25) is 17.9 Å². The third-order valence-corrected chi connectivity index (χ3v) is 5.61. The first-order valence-electron chi connectivity index (χ1n) is 7.85. The van der Waals surface area contributed by atoms with Crippen molar-refractivity contribution < 1.29 is 14.3 Å². The quantitative estimate of drug-likeness (QED) is 0.648. The number of hydrogen-bond acceptors (Lipinski definition) is 8. The molecule has 0 radical (unpaired) electrons. The molecule has 1 N–H and O–H groups in total. The van der Waals surface area contributed by atoms with Gasteiger partial charge in [-0.2, -0.15) is 0 Å². The number of hydrogen-bond donors (Lipinski definition) is 1. The Morgan fingerprint density at radius 3 is 3.12 bits per heavy atom. The zero-order valence-electron chi connectivity index (χ0n) is 13.8. The standard InChI is InChI=1S/C16H15N5O3S2/c1-10(15(22)17-11-4-5-13-14(7-11)24-9-23-13)26-16-18-19-20-21(16)8-12-3-2-6-25-12/h2-7,10H,8-9H2,1H3,(H,17,22). The molecule has 134 valence electrons. The molecule has 1 atom stereocenters. The van der Waals surface area contributed by atoms with E-state index in [1.54, 1.807) is 34.2 Å². The minimum Gasteiger partial charge on any atom is -0.454 e. The first-order valence-corrected chi connectivity index (χ1v) is 9.61. The third kappa shape index (κ3) is 3.65. The largest absolute Gasteiger partial charge is 0.454 e. The fraction of sp³-hybridized carbons (Fsp3) is 0.250. The van der Waals surface area contributed by atoms with Crippen LogP contribution in [0.1, 0.15) is 11.8 Å². The smallest absolute Gasteiger partial charge is 0.237 e. The molecule has 2 aromatic heterocycles. The predicted molar refractivity (Wildman–Crippen MR) is 97.8 cm³/mol. The van der Waals surface area contributed by atoms with E-state index in [-0.39, 0.29) is 18.0 Å². The summed E-state index contributed by atoms with van der Waals surface area (Å²) < 4.78 is 12.3. The first kappa shape index (κ1) is 16.9. The molecule has 26 heavy (non-hydrogen) atoms. The number of fused-ring (bicyclic) bond motifs is 1. The summed E-state index contributed by atoms with van der Waals surface area (Å²) in [7, 11) is 0. The normalized spacial score (nSPS) is 13.6. The lowest BCUT2D eigenvalue weighted by atomic mass is 10.2. The van der Waals surface area contributed by atoms with Crippen LogP contribution in [0.2, 0.25) is 0 Å². The van der Waals surface area contributed by atoms with Gasteiger partial charge in [0.25, 0.3) is 0 Å². The van der Waals surface area contributed by atoms with Crippen molar-refractivity contribution in [1.82, 2.24) is 20.2 Å². The summed E-state index contributed by atoms with van der Waals surface area (Å²) in [4.78, 5) is 13.6. The van der Waals surface area contributed by atoms with E-state index >= 15 is 0 Å². The van der Waals surface area contributed by atoms with Gasteiger partial charge in [0.15, 0.2) is 11.5 Å². The number of ether oxygens (including phenoxy) is 2. The summed E-state index contributed by atoms with van der Waals surface area (Å²) in [6.45, 7) is 2.60. The lowest BCUT2D eigenvalue weighted by Crippen LogP contribution is -2.23. The van der Waals surface area contributed by atoms with E-state index < -0.39 is 0 Å².